The third-order valence-corrected chi connectivity index (χ3v) is 3.68. The van der Waals surface area contributed by atoms with Gasteiger partial charge in [-0.15, -0.1) is 0 Å². The monoisotopic (exact) mass is 253 g/mol. The quantitative estimate of drug-likeness (QED) is 0.822. The predicted octanol–water partition coefficient (Wildman–Crippen LogP) is 2.45. The van der Waals surface area contributed by atoms with Gasteiger partial charge in [0.15, 0.2) is 0 Å². The fraction of sp³-hybridized carbons (Fsp3) is 0.538. The first-order chi connectivity index (χ1) is 8.09. The molecule has 1 heterocycles. The summed E-state index contributed by atoms with van der Waals surface area (Å²) in [4.78, 5) is 4.76. The van der Waals surface area contributed by atoms with Gasteiger partial charge in [0, 0.05) is 32.2 Å². The van der Waals surface area contributed by atoms with Crippen molar-refractivity contribution >= 4 is 23.0 Å². The highest BCUT2D eigenvalue weighted by Crippen LogP contribution is 2.32. The van der Waals surface area contributed by atoms with E-state index in [1.54, 1.807) is 0 Å². The van der Waals surface area contributed by atoms with Crippen molar-refractivity contribution < 1.29 is 0 Å². The first-order valence-corrected chi connectivity index (χ1v) is 6.50. The van der Waals surface area contributed by atoms with E-state index in [1.807, 2.05) is 18.2 Å². The lowest BCUT2D eigenvalue weighted by molar-refractivity contribution is 0.209. The van der Waals surface area contributed by atoms with Crippen LogP contribution in [-0.4, -0.2) is 37.1 Å². The fourth-order valence-corrected chi connectivity index (χ4v) is 2.63. The number of para-hydroxylation sites is 1. The molecule has 0 spiro atoms. The van der Waals surface area contributed by atoms with E-state index >= 15 is 0 Å². The molecule has 1 aromatic rings. The van der Waals surface area contributed by atoms with Crippen LogP contribution in [-0.2, 0) is 0 Å². The topological polar surface area (TPSA) is 32.5 Å². The van der Waals surface area contributed by atoms with Gasteiger partial charge in [0.05, 0.1) is 16.4 Å². The summed E-state index contributed by atoms with van der Waals surface area (Å²) < 4.78 is 0. The average Bonchev–Trinajstić information content (AvgIpc) is 2.29. The Morgan fingerprint density at radius 1 is 1.18 bits per heavy atom. The van der Waals surface area contributed by atoms with Gasteiger partial charge in [-0.1, -0.05) is 17.7 Å². The number of hydrogen-bond acceptors (Lipinski definition) is 3. The molecular weight excluding hydrogens is 234 g/mol. The van der Waals surface area contributed by atoms with E-state index in [2.05, 4.69) is 23.6 Å². The fourth-order valence-electron chi connectivity index (χ4n) is 2.33. The van der Waals surface area contributed by atoms with Crippen molar-refractivity contribution in [2.45, 2.75) is 19.9 Å². The van der Waals surface area contributed by atoms with Gasteiger partial charge in [0.1, 0.15) is 0 Å². The second kappa shape index (κ2) is 5.15. The van der Waals surface area contributed by atoms with Crippen molar-refractivity contribution in [3.63, 3.8) is 0 Å². The Hall–Kier alpha value is -0.930. The first-order valence-electron chi connectivity index (χ1n) is 6.12. The number of anilines is 2. The van der Waals surface area contributed by atoms with Crippen LogP contribution in [0.1, 0.15) is 13.8 Å². The number of halogens is 1. The van der Waals surface area contributed by atoms with Gasteiger partial charge < -0.3 is 10.6 Å². The zero-order valence-electron chi connectivity index (χ0n) is 10.5. The van der Waals surface area contributed by atoms with Crippen molar-refractivity contribution in [3.05, 3.63) is 23.2 Å². The molecule has 0 radical (unpaired) electrons. The lowest BCUT2D eigenvalue weighted by atomic mass is 10.2. The molecule has 0 atom stereocenters. The normalized spacial score (nSPS) is 17.8. The molecule has 1 saturated heterocycles. The Morgan fingerprint density at radius 3 is 2.35 bits per heavy atom. The summed E-state index contributed by atoms with van der Waals surface area (Å²) in [6.45, 7) is 8.60. The Balaban J connectivity index is 2.11. The summed E-state index contributed by atoms with van der Waals surface area (Å²) in [5.41, 5.74) is 7.78. The molecule has 0 saturated carbocycles. The van der Waals surface area contributed by atoms with Crippen molar-refractivity contribution in [3.8, 4) is 0 Å². The molecule has 0 unspecified atom stereocenters. The van der Waals surface area contributed by atoms with Crippen LogP contribution in [0, 0.1) is 0 Å². The third-order valence-electron chi connectivity index (χ3n) is 3.38. The summed E-state index contributed by atoms with van der Waals surface area (Å²) in [5, 5.41) is 0.753. The highest BCUT2D eigenvalue weighted by molar-refractivity contribution is 6.34. The molecule has 2 rings (SSSR count). The number of nitrogens with zero attached hydrogens (tertiary/aromatic N) is 2. The van der Waals surface area contributed by atoms with E-state index < -0.39 is 0 Å². The van der Waals surface area contributed by atoms with Crippen molar-refractivity contribution in [2.75, 3.05) is 36.8 Å². The summed E-state index contributed by atoms with van der Waals surface area (Å²) in [6, 6.07) is 6.32. The van der Waals surface area contributed by atoms with Gasteiger partial charge in [-0.3, -0.25) is 4.90 Å². The van der Waals surface area contributed by atoms with Crippen LogP contribution in [0.3, 0.4) is 0 Å². The molecule has 0 bridgehead atoms. The predicted molar refractivity (Wildman–Crippen MR) is 74.8 cm³/mol. The van der Waals surface area contributed by atoms with E-state index in [9.17, 15) is 0 Å². The van der Waals surface area contributed by atoms with Crippen LogP contribution < -0.4 is 10.6 Å². The zero-order valence-corrected chi connectivity index (χ0v) is 11.2. The maximum atomic E-state index is 6.23. The van der Waals surface area contributed by atoms with Crippen LogP contribution in [0.2, 0.25) is 5.02 Å². The first kappa shape index (κ1) is 12.5. The second-order valence-electron chi connectivity index (χ2n) is 4.79. The molecule has 4 heteroatoms. The third kappa shape index (κ3) is 2.67. The van der Waals surface area contributed by atoms with E-state index in [1.165, 1.54) is 0 Å². The standard InChI is InChI=1S/C13H20ClN3/c1-10(2)16-6-8-17(9-7-16)13-11(14)4-3-5-12(13)15/h3-5,10H,6-9,15H2,1-2H3. The summed E-state index contributed by atoms with van der Waals surface area (Å²) in [7, 11) is 0. The number of nitrogens with two attached hydrogens (primary N) is 1. The minimum Gasteiger partial charge on any atom is -0.397 e. The minimum absolute atomic E-state index is 0.612. The number of piperazine rings is 1. The number of rotatable bonds is 2. The maximum Gasteiger partial charge on any atom is 0.0790 e. The molecular formula is C13H20ClN3. The minimum atomic E-state index is 0.612. The molecule has 1 aliphatic heterocycles. The summed E-state index contributed by atoms with van der Waals surface area (Å²) in [6.07, 6.45) is 0. The van der Waals surface area contributed by atoms with Crippen LogP contribution in [0.15, 0.2) is 18.2 Å². The molecule has 1 aliphatic rings. The van der Waals surface area contributed by atoms with E-state index in [4.69, 9.17) is 17.3 Å². The van der Waals surface area contributed by atoms with Gasteiger partial charge in [0.2, 0.25) is 0 Å². The maximum absolute atomic E-state index is 6.23. The lowest BCUT2D eigenvalue weighted by Gasteiger charge is -2.38. The highest BCUT2D eigenvalue weighted by atomic mass is 35.5. The van der Waals surface area contributed by atoms with E-state index in [0.717, 1.165) is 42.6 Å². The molecule has 2 N–H and O–H groups in total. The zero-order chi connectivity index (χ0) is 12.4. The molecule has 3 nitrogen and oxygen atoms in total. The Kier molecular flexibility index (Phi) is 3.79. The summed E-state index contributed by atoms with van der Waals surface area (Å²) >= 11 is 6.23. The molecule has 0 amide bonds. The van der Waals surface area contributed by atoms with E-state index in [-0.39, 0.29) is 0 Å². The molecule has 17 heavy (non-hydrogen) atoms. The van der Waals surface area contributed by atoms with E-state index in [0.29, 0.717) is 6.04 Å². The van der Waals surface area contributed by atoms with Crippen molar-refractivity contribution in [1.29, 1.82) is 0 Å². The smallest absolute Gasteiger partial charge is 0.0790 e. The Morgan fingerprint density at radius 2 is 1.82 bits per heavy atom. The summed E-state index contributed by atoms with van der Waals surface area (Å²) in [5.74, 6) is 0. The second-order valence-corrected chi connectivity index (χ2v) is 5.20. The SMILES string of the molecule is CC(C)N1CCN(c2c(N)cccc2Cl)CC1. The van der Waals surface area contributed by atoms with Gasteiger partial charge in [-0.2, -0.15) is 0 Å². The lowest BCUT2D eigenvalue weighted by Crippen LogP contribution is -2.49. The van der Waals surface area contributed by atoms with Gasteiger partial charge in [0.25, 0.3) is 0 Å². The van der Waals surface area contributed by atoms with Gasteiger partial charge in [-0.05, 0) is 26.0 Å². The Bertz CT molecular complexity index is 364. The van der Waals surface area contributed by atoms with Crippen LogP contribution in [0.4, 0.5) is 11.4 Å². The average molecular weight is 254 g/mol. The number of benzene rings is 1. The van der Waals surface area contributed by atoms with Gasteiger partial charge >= 0.3 is 0 Å². The largest absolute Gasteiger partial charge is 0.397 e. The van der Waals surface area contributed by atoms with Crippen LogP contribution in [0.25, 0.3) is 0 Å². The van der Waals surface area contributed by atoms with Crippen LogP contribution in [0.5, 0.6) is 0 Å². The molecule has 1 aromatic carbocycles. The number of hydrogen-bond donors (Lipinski definition) is 1. The Labute approximate surface area is 108 Å². The molecule has 94 valence electrons. The number of nitrogen functional groups attached to an aromatic ring is 1. The van der Waals surface area contributed by atoms with Crippen LogP contribution >= 0.6 is 11.6 Å². The molecule has 0 aliphatic carbocycles. The molecule has 1 fully saturated rings. The van der Waals surface area contributed by atoms with Crippen molar-refractivity contribution in [2.24, 2.45) is 0 Å². The molecule has 0 aromatic heterocycles. The van der Waals surface area contributed by atoms with Crippen molar-refractivity contribution in [1.82, 2.24) is 4.90 Å². The highest BCUT2D eigenvalue weighted by Gasteiger charge is 2.21. The van der Waals surface area contributed by atoms with Gasteiger partial charge in [-0.25, -0.2) is 0 Å².